The second-order valence-electron chi connectivity index (χ2n) is 9.45. The zero-order valence-corrected chi connectivity index (χ0v) is 21.6. The zero-order chi connectivity index (χ0) is 27.8. The maximum Gasteiger partial charge on any atom is 0.407 e. The van der Waals surface area contributed by atoms with Crippen LogP contribution >= 0.6 is 0 Å². The average Bonchev–Trinajstić information content (AvgIpc) is 3.26. The molecule has 0 aromatic heterocycles. The minimum Gasteiger partial charge on any atom is -0.480 e. The van der Waals surface area contributed by atoms with E-state index in [1.807, 2.05) is 78.9 Å². The summed E-state index contributed by atoms with van der Waals surface area (Å²) in [5, 5.41) is 24.6. The number of carboxylic acid groups (broad SMARTS) is 1. The Balaban J connectivity index is 1.21. The van der Waals surface area contributed by atoms with Gasteiger partial charge in [-0.3, -0.25) is 4.79 Å². The molecule has 2 amide bonds. The summed E-state index contributed by atoms with van der Waals surface area (Å²) >= 11 is 0. The third kappa shape index (κ3) is 7.22. The lowest BCUT2D eigenvalue weighted by atomic mass is 9.98. The van der Waals surface area contributed by atoms with Crippen LogP contribution in [0.5, 0.6) is 0 Å². The van der Waals surface area contributed by atoms with E-state index in [1.54, 1.807) is 6.92 Å². The van der Waals surface area contributed by atoms with Gasteiger partial charge in [-0.2, -0.15) is 0 Å². The molecule has 204 valence electrons. The number of ether oxygens (including phenoxy) is 2. The molecule has 3 aromatic carbocycles. The van der Waals surface area contributed by atoms with Gasteiger partial charge in [0.05, 0.1) is 25.2 Å². The number of aliphatic hydroxyl groups is 1. The van der Waals surface area contributed by atoms with E-state index in [-0.39, 0.29) is 25.7 Å². The normalized spacial score (nSPS) is 14.4. The largest absolute Gasteiger partial charge is 0.480 e. The molecule has 0 radical (unpaired) electrons. The number of benzene rings is 3. The van der Waals surface area contributed by atoms with Crippen molar-refractivity contribution in [2.45, 2.75) is 44.1 Å². The molecule has 4 N–H and O–H groups in total. The molecule has 9 nitrogen and oxygen atoms in total. The number of aliphatic hydroxyl groups excluding tert-OH is 1. The third-order valence-corrected chi connectivity index (χ3v) is 6.65. The predicted octanol–water partition coefficient (Wildman–Crippen LogP) is 3.45. The Morgan fingerprint density at radius 3 is 2.10 bits per heavy atom. The zero-order valence-electron chi connectivity index (χ0n) is 21.6. The van der Waals surface area contributed by atoms with E-state index in [9.17, 15) is 24.6 Å². The molecule has 3 atom stereocenters. The predicted molar refractivity (Wildman–Crippen MR) is 144 cm³/mol. The van der Waals surface area contributed by atoms with Gasteiger partial charge in [-0.25, -0.2) is 9.59 Å². The van der Waals surface area contributed by atoms with E-state index in [4.69, 9.17) is 9.47 Å². The molecule has 1 aliphatic carbocycles. The first-order valence-electron chi connectivity index (χ1n) is 12.8. The maximum atomic E-state index is 12.4. The highest BCUT2D eigenvalue weighted by Crippen LogP contribution is 2.44. The Bertz CT molecular complexity index is 1250. The lowest BCUT2D eigenvalue weighted by Crippen LogP contribution is -2.49. The van der Waals surface area contributed by atoms with Gasteiger partial charge in [0.2, 0.25) is 5.91 Å². The number of amides is 2. The van der Waals surface area contributed by atoms with Crippen LogP contribution < -0.4 is 10.6 Å². The highest BCUT2D eigenvalue weighted by Gasteiger charge is 2.30. The Kier molecular flexibility index (Phi) is 9.30. The summed E-state index contributed by atoms with van der Waals surface area (Å²) in [6.07, 6.45) is -3.18. The first-order valence-corrected chi connectivity index (χ1v) is 12.8. The average molecular weight is 533 g/mol. The summed E-state index contributed by atoms with van der Waals surface area (Å²) in [6, 6.07) is 23.9. The van der Waals surface area contributed by atoms with Gasteiger partial charge in [0.15, 0.2) is 6.04 Å². The van der Waals surface area contributed by atoms with E-state index in [0.717, 1.165) is 27.8 Å². The number of carbonyl (C=O) groups excluding carboxylic acids is 2. The van der Waals surface area contributed by atoms with Crippen LogP contribution in [0.1, 0.15) is 36.0 Å². The SMILES string of the molecule is C[C@@H](OCc1ccccc1)[C@H](NC(=O)CC(O)CNC(=O)OCC1c2ccccc2-c2ccccc21)C(=O)O. The lowest BCUT2D eigenvalue weighted by molar-refractivity contribution is -0.146. The topological polar surface area (TPSA) is 134 Å². The molecule has 0 fully saturated rings. The van der Waals surface area contributed by atoms with Crippen molar-refractivity contribution in [1.29, 1.82) is 0 Å². The van der Waals surface area contributed by atoms with Crippen molar-refractivity contribution >= 4 is 18.0 Å². The van der Waals surface area contributed by atoms with Gasteiger partial charge in [0.25, 0.3) is 0 Å². The Hall–Kier alpha value is -4.21. The van der Waals surface area contributed by atoms with Crippen LogP contribution in [0.3, 0.4) is 0 Å². The van der Waals surface area contributed by atoms with Gasteiger partial charge >= 0.3 is 12.1 Å². The monoisotopic (exact) mass is 532 g/mol. The molecule has 0 heterocycles. The Morgan fingerprint density at radius 2 is 1.49 bits per heavy atom. The third-order valence-electron chi connectivity index (χ3n) is 6.65. The van der Waals surface area contributed by atoms with Crippen LogP contribution in [0.25, 0.3) is 11.1 Å². The second kappa shape index (κ2) is 13.0. The van der Waals surface area contributed by atoms with Crippen molar-refractivity contribution < 1.29 is 34.1 Å². The van der Waals surface area contributed by atoms with Gasteiger partial charge in [0.1, 0.15) is 6.61 Å². The molecule has 0 spiro atoms. The quantitative estimate of drug-likeness (QED) is 0.281. The molecule has 0 bridgehead atoms. The fourth-order valence-electron chi connectivity index (χ4n) is 4.65. The number of fused-ring (bicyclic) bond motifs is 3. The van der Waals surface area contributed by atoms with E-state index >= 15 is 0 Å². The van der Waals surface area contributed by atoms with Gasteiger partial charge in [-0.05, 0) is 34.7 Å². The summed E-state index contributed by atoms with van der Waals surface area (Å²) in [5.41, 5.74) is 5.26. The molecule has 1 aliphatic rings. The Labute approximate surface area is 226 Å². The van der Waals surface area contributed by atoms with E-state index in [0.29, 0.717) is 0 Å². The molecule has 4 rings (SSSR count). The minimum absolute atomic E-state index is 0.0992. The van der Waals surface area contributed by atoms with Crippen molar-refractivity contribution in [3.8, 4) is 11.1 Å². The first-order chi connectivity index (χ1) is 18.8. The van der Waals surface area contributed by atoms with Gasteiger partial charge in [0, 0.05) is 12.5 Å². The van der Waals surface area contributed by atoms with Crippen molar-refractivity contribution in [3.63, 3.8) is 0 Å². The molecule has 0 saturated heterocycles. The van der Waals surface area contributed by atoms with E-state index in [1.165, 1.54) is 0 Å². The van der Waals surface area contributed by atoms with Crippen molar-refractivity contribution in [2.24, 2.45) is 0 Å². The first kappa shape index (κ1) is 27.8. The van der Waals surface area contributed by atoms with E-state index < -0.39 is 42.6 Å². The summed E-state index contributed by atoms with van der Waals surface area (Å²) in [4.78, 5) is 36.4. The van der Waals surface area contributed by atoms with Crippen LogP contribution in [-0.4, -0.2) is 59.6 Å². The number of nitrogens with one attached hydrogen (secondary N) is 2. The summed E-state index contributed by atoms with van der Waals surface area (Å²) < 4.78 is 11.0. The highest BCUT2D eigenvalue weighted by atomic mass is 16.5. The lowest BCUT2D eigenvalue weighted by Gasteiger charge is -2.22. The van der Waals surface area contributed by atoms with Crippen LogP contribution in [0.4, 0.5) is 4.79 Å². The van der Waals surface area contributed by atoms with Gasteiger partial charge in [-0.15, -0.1) is 0 Å². The standard InChI is InChI=1S/C30H32N2O7/c1-19(38-17-20-9-3-2-4-10-20)28(29(35)36)32-27(34)15-21(33)16-31-30(37)39-18-26-24-13-7-5-11-22(24)23-12-6-8-14-25(23)26/h2-14,19,21,26,28,33H,15-18H2,1H3,(H,31,37)(H,32,34)(H,35,36)/t19-,21?,28+/m1/s1. The van der Waals surface area contributed by atoms with E-state index in [2.05, 4.69) is 10.6 Å². The van der Waals surface area contributed by atoms with Crippen molar-refractivity contribution in [1.82, 2.24) is 10.6 Å². The number of carbonyl (C=O) groups is 3. The second-order valence-corrected chi connectivity index (χ2v) is 9.45. The number of aliphatic carboxylic acids is 1. The van der Waals surface area contributed by atoms with Crippen molar-refractivity contribution in [2.75, 3.05) is 13.2 Å². The smallest absolute Gasteiger partial charge is 0.407 e. The number of carboxylic acids is 1. The summed E-state index contributed by atoms with van der Waals surface area (Å²) in [5.74, 6) is -2.03. The minimum atomic E-state index is -1.30. The molecule has 39 heavy (non-hydrogen) atoms. The summed E-state index contributed by atoms with van der Waals surface area (Å²) in [6.45, 7) is 1.63. The fourth-order valence-corrected chi connectivity index (χ4v) is 4.65. The number of hydrogen-bond acceptors (Lipinski definition) is 6. The van der Waals surface area contributed by atoms with Gasteiger partial charge in [-0.1, -0.05) is 78.9 Å². The summed E-state index contributed by atoms with van der Waals surface area (Å²) in [7, 11) is 0. The Morgan fingerprint density at radius 1 is 0.897 bits per heavy atom. The molecule has 3 aromatic rings. The molecule has 9 heteroatoms. The van der Waals surface area contributed by atoms with Gasteiger partial charge < -0.3 is 30.3 Å². The molecule has 0 saturated carbocycles. The highest BCUT2D eigenvalue weighted by molar-refractivity contribution is 5.84. The van der Waals surface area contributed by atoms with Crippen LogP contribution in [0.15, 0.2) is 78.9 Å². The van der Waals surface area contributed by atoms with Crippen LogP contribution in [0.2, 0.25) is 0 Å². The molecule has 0 aliphatic heterocycles. The molecular formula is C30H32N2O7. The van der Waals surface area contributed by atoms with Crippen LogP contribution in [-0.2, 0) is 25.7 Å². The number of alkyl carbamates (subject to hydrolysis) is 1. The fraction of sp³-hybridized carbons (Fsp3) is 0.300. The maximum absolute atomic E-state index is 12.4. The molecule has 1 unspecified atom stereocenters. The van der Waals surface area contributed by atoms with Crippen molar-refractivity contribution in [3.05, 3.63) is 95.6 Å². The number of rotatable bonds is 12. The van der Waals surface area contributed by atoms with Crippen LogP contribution in [0, 0.1) is 0 Å². The molecular weight excluding hydrogens is 500 g/mol. The number of hydrogen-bond donors (Lipinski definition) is 4.